The summed E-state index contributed by atoms with van der Waals surface area (Å²) in [6.07, 6.45) is 0. The Hall–Kier alpha value is -1.09. The molecule has 0 aliphatic heterocycles. The van der Waals surface area contributed by atoms with Gasteiger partial charge in [0.25, 0.3) is 0 Å². The van der Waals surface area contributed by atoms with Crippen molar-refractivity contribution in [1.29, 1.82) is 0 Å². The number of esters is 2. The fourth-order valence-corrected chi connectivity index (χ4v) is 13.0. The lowest BCUT2D eigenvalue weighted by atomic mass is 10.4. The van der Waals surface area contributed by atoms with Crippen LogP contribution < -0.4 is 0 Å². The molecule has 0 bridgehead atoms. The van der Waals surface area contributed by atoms with Crippen molar-refractivity contribution in [2.75, 3.05) is 6.61 Å². The molecule has 0 spiro atoms. The second kappa shape index (κ2) is 7.26. The summed E-state index contributed by atoms with van der Waals surface area (Å²) in [5, 5.41) is 0. The van der Waals surface area contributed by atoms with Crippen molar-refractivity contribution in [3.63, 3.8) is 0 Å². The van der Waals surface area contributed by atoms with Gasteiger partial charge in [-0.1, -0.05) is 39.3 Å². The first-order valence-electron chi connectivity index (χ1n) is 7.19. The van der Waals surface area contributed by atoms with Gasteiger partial charge in [0, 0.05) is 5.70 Å². The van der Waals surface area contributed by atoms with E-state index in [2.05, 4.69) is 48.2 Å². The Morgan fingerprint density at radius 1 is 0.905 bits per heavy atom. The average molecular weight is 332 g/mol. The molecule has 0 N–H and O–H groups in total. The standard InChI is InChI=1S/C14H29NO4Si2/c1-10-18-13(16)14(17)19-12(3)11(2)15(20(4,5)6)21(7,8)9/h10H2,1-9H3/b12-11-. The van der Waals surface area contributed by atoms with Gasteiger partial charge in [-0.05, 0) is 20.8 Å². The fourth-order valence-electron chi connectivity index (χ4n) is 2.61. The van der Waals surface area contributed by atoms with Crippen molar-refractivity contribution in [1.82, 2.24) is 4.23 Å². The number of carbonyl (C=O) groups excluding carboxylic acids is 2. The van der Waals surface area contributed by atoms with Gasteiger partial charge in [-0.2, -0.15) is 0 Å². The van der Waals surface area contributed by atoms with Gasteiger partial charge in [0.05, 0.1) is 6.61 Å². The summed E-state index contributed by atoms with van der Waals surface area (Å²) in [6.45, 7) is 19.0. The predicted molar refractivity (Wildman–Crippen MR) is 89.6 cm³/mol. The summed E-state index contributed by atoms with van der Waals surface area (Å²) in [5.41, 5.74) is 0.936. The quantitative estimate of drug-likeness (QED) is 0.335. The summed E-state index contributed by atoms with van der Waals surface area (Å²) in [6, 6.07) is 0. The molecule has 0 aromatic heterocycles. The maximum atomic E-state index is 11.6. The van der Waals surface area contributed by atoms with Crippen molar-refractivity contribution in [2.45, 2.75) is 60.1 Å². The van der Waals surface area contributed by atoms with Crippen molar-refractivity contribution >= 4 is 28.4 Å². The van der Waals surface area contributed by atoms with E-state index < -0.39 is 28.4 Å². The van der Waals surface area contributed by atoms with Crippen LogP contribution in [0, 0.1) is 0 Å². The number of allylic oxidation sites excluding steroid dienone is 2. The van der Waals surface area contributed by atoms with E-state index in [0.717, 1.165) is 5.70 Å². The van der Waals surface area contributed by atoms with E-state index >= 15 is 0 Å². The van der Waals surface area contributed by atoms with Crippen LogP contribution in [-0.4, -0.2) is 39.2 Å². The van der Waals surface area contributed by atoms with Crippen LogP contribution in [-0.2, 0) is 19.1 Å². The Morgan fingerprint density at radius 3 is 1.67 bits per heavy atom. The third-order valence-electron chi connectivity index (χ3n) is 2.87. The third kappa shape index (κ3) is 6.05. The lowest BCUT2D eigenvalue weighted by Crippen LogP contribution is -2.58. The fraction of sp³-hybridized carbons (Fsp3) is 0.714. The molecule has 0 aliphatic carbocycles. The van der Waals surface area contributed by atoms with E-state index in [1.54, 1.807) is 13.8 Å². The minimum Gasteiger partial charge on any atom is -0.458 e. The van der Waals surface area contributed by atoms with Gasteiger partial charge in [-0.15, -0.1) is 0 Å². The molecular weight excluding hydrogens is 302 g/mol. The summed E-state index contributed by atoms with van der Waals surface area (Å²) in [4.78, 5) is 23.0. The Morgan fingerprint density at radius 2 is 1.33 bits per heavy atom. The first kappa shape index (κ1) is 19.9. The first-order valence-corrected chi connectivity index (χ1v) is 14.1. The highest BCUT2D eigenvalue weighted by Gasteiger charge is 2.35. The molecule has 0 rings (SSSR count). The topological polar surface area (TPSA) is 55.8 Å². The zero-order valence-corrected chi connectivity index (χ0v) is 16.8. The number of hydrogen-bond donors (Lipinski definition) is 0. The van der Waals surface area contributed by atoms with Crippen LogP contribution in [0.4, 0.5) is 0 Å². The zero-order chi connectivity index (χ0) is 17.0. The minimum absolute atomic E-state index is 0.158. The molecule has 0 atom stereocenters. The van der Waals surface area contributed by atoms with Gasteiger partial charge in [0.1, 0.15) is 22.2 Å². The smallest absolute Gasteiger partial charge is 0.422 e. The van der Waals surface area contributed by atoms with Gasteiger partial charge in [0.15, 0.2) is 0 Å². The molecule has 0 aliphatic rings. The van der Waals surface area contributed by atoms with E-state index in [1.165, 1.54) is 0 Å². The van der Waals surface area contributed by atoms with Crippen LogP contribution in [0.3, 0.4) is 0 Å². The third-order valence-corrected chi connectivity index (χ3v) is 10.3. The second-order valence-electron chi connectivity index (χ2n) is 6.93. The number of ether oxygens (including phenoxy) is 2. The van der Waals surface area contributed by atoms with E-state index in [0.29, 0.717) is 5.76 Å². The number of nitrogens with zero attached hydrogens (tertiary/aromatic N) is 1. The van der Waals surface area contributed by atoms with Crippen molar-refractivity contribution < 1.29 is 19.1 Å². The maximum absolute atomic E-state index is 11.6. The van der Waals surface area contributed by atoms with E-state index in [-0.39, 0.29) is 6.61 Å². The molecule has 122 valence electrons. The normalized spacial score (nSPS) is 13.4. The second-order valence-corrected chi connectivity index (χ2v) is 17.0. The average Bonchev–Trinajstić information content (AvgIpc) is 2.24. The largest absolute Gasteiger partial charge is 0.458 e. The minimum atomic E-state index is -1.61. The molecule has 0 fully saturated rings. The molecule has 0 heterocycles. The van der Waals surface area contributed by atoms with Crippen LogP contribution >= 0.6 is 0 Å². The van der Waals surface area contributed by atoms with Crippen molar-refractivity contribution in [3.05, 3.63) is 11.5 Å². The molecule has 0 saturated carbocycles. The van der Waals surface area contributed by atoms with Gasteiger partial charge in [0.2, 0.25) is 0 Å². The van der Waals surface area contributed by atoms with Crippen LogP contribution in [0.5, 0.6) is 0 Å². The Labute approximate surface area is 130 Å². The number of hydrogen-bond acceptors (Lipinski definition) is 5. The molecule has 0 unspecified atom stereocenters. The van der Waals surface area contributed by atoms with E-state index in [1.807, 2.05) is 6.92 Å². The number of rotatable bonds is 5. The molecular formula is C14H29NO4Si2. The van der Waals surface area contributed by atoms with Crippen molar-refractivity contribution in [2.24, 2.45) is 0 Å². The maximum Gasteiger partial charge on any atom is 0.422 e. The van der Waals surface area contributed by atoms with Crippen molar-refractivity contribution in [3.8, 4) is 0 Å². The monoisotopic (exact) mass is 331 g/mol. The van der Waals surface area contributed by atoms with Gasteiger partial charge in [-0.3, -0.25) is 0 Å². The summed E-state index contributed by atoms with van der Waals surface area (Å²) >= 11 is 0. The van der Waals surface area contributed by atoms with Crippen LogP contribution in [0.2, 0.25) is 39.3 Å². The lowest BCUT2D eigenvalue weighted by Gasteiger charge is -2.46. The molecule has 0 radical (unpaired) electrons. The van der Waals surface area contributed by atoms with E-state index in [9.17, 15) is 9.59 Å². The summed E-state index contributed by atoms with van der Waals surface area (Å²) in [5.74, 6) is -1.44. The molecule has 0 amide bonds. The van der Waals surface area contributed by atoms with Gasteiger partial charge < -0.3 is 13.7 Å². The summed E-state index contributed by atoms with van der Waals surface area (Å²) < 4.78 is 12.3. The molecule has 0 aromatic carbocycles. The molecule has 7 heteroatoms. The first-order chi connectivity index (χ1) is 9.32. The van der Waals surface area contributed by atoms with Crippen LogP contribution in [0.1, 0.15) is 20.8 Å². The highest BCUT2D eigenvalue weighted by atomic mass is 28.4. The highest BCUT2D eigenvalue weighted by Crippen LogP contribution is 2.27. The summed E-state index contributed by atoms with van der Waals surface area (Å²) in [7, 11) is -3.22. The zero-order valence-electron chi connectivity index (χ0n) is 14.8. The molecule has 0 saturated heterocycles. The number of carbonyl (C=O) groups is 2. The van der Waals surface area contributed by atoms with Gasteiger partial charge in [-0.25, -0.2) is 9.59 Å². The Bertz CT molecular complexity index is 419. The van der Waals surface area contributed by atoms with Gasteiger partial charge >= 0.3 is 11.9 Å². The molecule has 21 heavy (non-hydrogen) atoms. The van der Waals surface area contributed by atoms with E-state index in [4.69, 9.17) is 4.74 Å². The molecule has 5 nitrogen and oxygen atoms in total. The highest BCUT2D eigenvalue weighted by molar-refractivity contribution is 6.90. The van der Waals surface area contributed by atoms with Crippen LogP contribution in [0.25, 0.3) is 0 Å². The lowest BCUT2D eigenvalue weighted by molar-refractivity contribution is -0.164. The van der Waals surface area contributed by atoms with Crippen LogP contribution in [0.15, 0.2) is 11.5 Å². The SMILES string of the molecule is CCOC(=O)C(=O)O/C(C)=C(/C)N([Si](C)(C)C)[Si](C)(C)C. The molecule has 0 aromatic rings. The Kier molecular flexibility index (Phi) is 6.88. The Balaban J connectivity index is 5.36. The predicted octanol–water partition coefficient (Wildman–Crippen LogP) is 3.32.